The zero-order valence-corrected chi connectivity index (χ0v) is 17.0. The second-order valence-electron chi connectivity index (χ2n) is 6.48. The molecule has 0 aliphatic heterocycles. The van der Waals surface area contributed by atoms with Crippen LogP contribution in [-0.4, -0.2) is 43.4 Å². The molecule has 0 radical (unpaired) electrons. The van der Waals surface area contributed by atoms with Gasteiger partial charge < -0.3 is 18.9 Å². The monoisotopic (exact) mass is 391 g/mol. The third kappa shape index (κ3) is 4.76. The van der Waals surface area contributed by atoms with Gasteiger partial charge in [0.25, 0.3) is 0 Å². The van der Waals surface area contributed by atoms with Crippen LogP contribution in [0.1, 0.15) is 25.1 Å². The third-order valence-electron chi connectivity index (χ3n) is 4.83. The van der Waals surface area contributed by atoms with Gasteiger partial charge in [-0.15, -0.1) is 0 Å². The molecule has 0 saturated carbocycles. The molecule has 0 atom stereocenters. The zero-order chi connectivity index (χ0) is 20.6. The maximum atomic E-state index is 9.77. The summed E-state index contributed by atoms with van der Waals surface area (Å²) in [4.78, 5) is 2.30. The van der Waals surface area contributed by atoms with Crippen molar-refractivity contribution in [3.63, 3.8) is 0 Å². The summed E-state index contributed by atoms with van der Waals surface area (Å²) in [7, 11) is 1.60. The lowest BCUT2D eigenvalue weighted by molar-refractivity contribution is 0.222. The quantitative estimate of drug-likeness (QED) is 0.496. The molecule has 1 aromatic heterocycles. The molecule has 0 fully saturated rings. The van der Waals surface area contributed by atoms with Crippen molar-refractivity contribution in [1.82, 2.24) is 10.1 Å². The van der Waals surface area contributed by atoms with Crippen LogP contribution >= 0.6 is 0 Å². The Balaban J connectivity index is 1.90. The molecular weight excluding hydrogens is 366 g/mol. The number of likely N-dealkylation sites (N-methyl/N-ethyl adjacent to an activating group) is 1. The molecule has 0 N–H and O–H groups in total. The molecular formula is C23H25N3O3. The molecule has 0 aliphatic carbocycles. The zero-order valence-electron chi connectivity index (χ0n) is 17.0. The van der Waals surface area contributed by atoms with Gasteiger partial charge in [0.15, 0.2) is 5.58 Å². The van der Waals surface area contributed by atoms with Crippen LogP contribution in [-0.2, 0) is 0 Å². The van der Waals surface area contributed by atoms with Gasteiger partial charge in [-0.05, 0) is 43.4 Å². The first-order valence-electron chi connectivity index (χ1n) is 9.69. The average molecular weight is 391 g/mol. The van der Waals surface area contributed by atoms with Gasteiger partial charge in [-0.2, -0.15) is 5.26 Å². The van der Waals surface area contributed by atoms with Crippen LogP contribution in [0.5, 0.6) is 11.5 Å². The highest BCUT2D eigenvalue weighted by atomic mass is 16.5. The molecule has 3 rings (SSSR count). The smallest absolute Gasteiger partial charge is 0.167 e. The Morgan fingerprint density at radius 1 is 1.21 bits per heavy atom. The van der Waals surface area contributed by atoms with Crippen LogP contribution in [0.15, 0.2) is 47.0 Å². The topological polar surface area (TPSA) is 71.5 Å². The fraction of sp³-hybridized carbons (Fsp3) is 0.304. The second-order valence-corrected chi connectivity index (χ2v) is 6.48. The van der Waals surface area contributed by atoms with E-state index in [0.29, 0.717) is 29.2 Å². The van der Waals surface area contributed by atoms with Gasteiger partial charge in [-0.1, -0.05) is 37.2 Å². The van der Waals surface area contributed by atoms with Crippen LogP contribution in [0.3, 0.4) is 0 Å². The minimum Gasteiger partial charge on any atom is -0.497 e. The number of nitriles is 1. The van der Waals surface area contributed by atoms with Crippen molar-refractivity contribution >= 4 is 22.6 Å². The van der Waals surface area contributed by atoms with Gasteiger partial charge in [0.1, 0.15) is 29.9 Å². The van der Waals surface area contributed by atoms with Crippen molar-refractivity contribution in [2.45, 2.75) is 13.8 Å². The molecule has 0 unspecified atom stereocenters. The highest BCUT2D eigenvalue weighted by Gasteiger charge is 2.15. The van der Waals surface area contributed by atoms with E-state index in [2.05, 4.69) is 30.0 Å². The number of hydrogen-bond acceptors (Lipinski definition) is 6. The predicted molar refractivity (Wildman–Crippen MR) is 114 cm³/mol. The number of hydrogen-bond donors (Lipinski definition) is 0. The van der Waals surface area contributed by atoms with Gasteiger partial charge in [0.2, 0.25) is 0 Å². The standard InChI is InChI=1S/C23H25N3O3/c1-4-26(5-2)12-13-28-21-9-7-6-8-17(21)14-18(16-24)23-20-15-19(27-3)10-11-22(20)29-25-23/h6-11,14-15H,4-5,12-13H2,1-3H3/b18-14+. The number of rotatable bonds is 9. The van der Waals surface area contributed by atoms with E-state index in [1.165, 1.54) is 0 Å². The maximum Gasteiger partial charge on any atom is 0.167 e. The van der Waals surface area contributed by atoms with E-state index >= 15 is 0 Å². The molecule has 0 spiro atoms. The largest absolute Gasteiger partial charge is 0.497 e. The number of methoxy groups -OCH3 is 1. The molecule has 6 heteroatoms. The fourth-order valence-corrected chi connectivity index (χ4v) is 3.10. The summed E-state index contributed by atoms with van der Waals surface area (Å²) in [5.41, 5.74) is 2.31. The Kier molecular flexibility index (Phi) is 6.88. The number of benzene rings is 2. The van der Waals surface area contributed by atoms with Gasteiger partial charge in [-0.25, -0.2) is 0 Å². The fourth-order valence-electron chi connectivity index (χ4n) is 3.10. The molecule has 0 saturated heterocycles. The third-order valence-corrected chi connectivity index (χ3v) is 4.83. The highest BCUT2D eigenvalue weighted by molar-refractivity contribution is 5.99. The van der Waals surface area contributed by atoms with E-state index in [9.17, 15) is 5.26 Å². The predicted octanol–water partition coefficient (Wildman–Crippen LogP) is 4.62. The summed E-state index contributed by atoms with van der Waals surface area (Å²) >= 11 is 0. The summed E-state index contributed by atoms with van der Waals surface area (Å²) in [5.74, 6) is 1.41. The highest BCUT2D eigenvalue weighted by Crippen LogP contribution is 2.30. The Labute approximate surface area is 170 Å². The lowest BCUT2D eigenvalue weighted by Gasteiger charge is -2.18. The Morgan fingerprint density at radius 3 is 2.72 bits per heavy atom. The molecule has 150 valence electrons. The van der Waals surface area contributed by atoms with E-state index in [4.69, 9.17) is 14.0 Å². The maximum absolute atomic E-state index is 9.77. The van der Waals surface area contributed by atoms with E-state index in [1.807, 2.05) is 30.3 Å². The van der Waals surface area contributed by atoms with E-state index < -0.39 is 0 Å². The van der Waals surface area contributed by atoms with Gasteiger partial charge in [0, 0.05) is 12.1 Å². The first-order chi connectivity index (χ1) is 14.2. The van der Waals surface area contributed by atoms with Crippen molar-refractivity contribution in [2.75, 3.05) is 33.4 Å². The summed E-state index contributed by atoms with van der Waals surface area (Å²) in [6, 6.07) is 15.3. The Morgan fingerprint density at radius 2 is 2.00 bits per heavy atom. The van der Waals surface area contributed by atoms with Crippen LogP contribution in [0.4, 0.5) is 0 Å². The van der Waals surface area contributed by atoms with Crippen molar-refractivity contribution in [2.24, 2.45) is 0 Å². The SMILES string of the molecule is CCN(CC)CCOc1ccccc1/C=C(\C#N)c1noc2ccc(OC)cc12. The van der Waals surface area contributed by atoms with Crippen LogP contribution < -0.4 is 9.47 Å². The number of aromatic nitrogens is 1. The molecule has 6 nitrogen and oxygen atoms in total. The van der Waals surface area contributed by atoms with Gasteiger partial charge in [-0.3, -0.25) is 0 Å². The molecule has 1 heterocycles. The summed E-state index contributed by atoms with van der Waals surface area (Å²) < 4.78 is 16.7. The van der Waals surface area contributed by atoms with Crippen LogP contribution in [0, 0.1) is 11.3 Å². The lowest BCUT2D eigenvalue weighted by atomic mass is 10.1. The molecule has 0 bridgehead atoms. The van der Waals surface area contributed by atoms with Gasteiger partial charge >= 0.3 is 0 Å². The molecule has 0 aliphatic rings. The van der Waals surface area contributed by atoms with Crippen LogP contribution in [0.25, 0.3) is 22.6 Å². The minimum atomic E-state index is 0.400. The minimum absolute atomic E-state index is 0.400. The number of nitrogens with zero attached hydrogens (tertiary/aromatic N) is 3. The van der Waals surface area contributed by atoms with Crippen molar-refractivity contribution in [1.29, 1.82) is 5.26 Å². The number of allylic oxidation sites excluding steroid dienone is 1. The van der Waals surface area contributed by atoms with E-state index in [1.54, 1.807) is 25.3 Å². The first kappa shape index (κ1) is 20.4. The lowest BCUT2D eigenvalue weighted by Crippen LogP contribution is -2.27. The summed E-state index contributed by atoms with van der Waals surface area (Å²) in [5, 5.41) is 14.6. The number of ether oxygens (including phenoxy) is 2. The summed E-state index contributed by atoms with van der Waals surface area (Å²) in [6.07, 6.45) is 1.78. The molecule has 3 aromatic rings. The molecule has 0 amide bonds. The number of para-hydroxylation sites is 1. The number of fused-ring (bicyclic) bond motifs is 1. The van der Waals surface area contributed by atoms with Crippen molar-refractivity contribution in [3.8, 4) is 17.6 Å². The van der Waals surface area contributed by atoms with Crippen molar-refractivity contribution in [3.05, 3.63) is 53.7 Å². The van der Waals surface area contributed by atoms with Gasteiger partial charge in [0.05, 0.1) is 18.1 Å². The summed E-state index contributed by atoms with van der Waals surface area (Å²) in [6.45, 7) is 7.68. The normalized spacial score (nSPS) is 11.6. The van der Waals surface area contributed by atoms with Crippen molar-refractivity contribution < 1.29 is 14.0 Å². The Bertz CT molecular complexity index is 1030. The van der Waals surface area contributed by atoms with Crippen LogP contribution in [0.2, 0.25) is 0 Å². The van der Waals surface area contributed by atoms with E-state index in [0.717, 1.165) is 36.3 Å². The first-order valence-corrected chi connectivity index (χ1v) is 9.69. The Hall–Kier alpha value is -3.30. The molecule has 29 heavy (non-hydrogen) atoms. The second kappa shape index (κ2) is 9.76. The molecule has 2 aromatic carbocycles. The average Bonchev–Trinajstić information content (AvgIpc) is 3.19. The van der Waals surface area contributed by atoms with E-state index in [-0.39, 0.29) is 0 Å².